The van der Waals surface area contributed by atoms with E-state index < -0.39 is 6.36 Å². The van der Waals surface area contributed by atoms with Gasteiger partial charge in [-0.25, -0.2) is 4.98 Å². The zero-order valence-corrected chi connectivity index (χ0v) is 10.8. The Morgan fingerprint density at radius 3 is 2.53 bits per heavy atom. The van der Waals surface area contributed by atoms with Crippen molar-refractivity contribution in [3.8, 4) is 16.2 Å². The van der Waals surface area contributed by atoms with Crippen LogP contribution in [0.3, 0.4) is 0 Å². The van der Waals surface area contributed by atoms with Gasteiger partial charge in [-0.3, -0.25) is 0 Å². The highest BCUT2D eigenvalue weighted by Gasteiger charge is 2.30. The van der Waals surface area contributed by atoms with Gasteiger partial charge in [-0.05, 0) is 36.8 Å². The molecule has 102 valence electrons. The van der Waals surface area contributed by atoms with Crippen molar-refractivity contribution >= 4 is 16.5 Å². The fourth-order valence-corrected chi connectivity index (χ4v) is 2.35. The van der Waals surface area contributed by atoms with Crippen LogP contribution >= 0.6 is 11.3 Å². The second-order valence-electron chi connectivity index (χ2n) is 3.63. The van der Waals surface area contributed by atoms with E-state index in [0.29, 0.717) is 0 Å². The Bertz CT molecular complexity index is 537. The number of nitrogens with one attached hydrogen (secondary N) is 1. The number of benzene rings is 1. The van der Waals surface area contributed by atoms with Crippen molar-refractivity contribution in [2.75, 3.05) is 11.9 Å². The lowest BCUT2D eigenvalue weighted by molar-refractivity contribution is -0.274. The topological polar surface area (TPSA) is 34.2 Å². The number of hydrogen-bond acceptors (Lipinski definition) is 4. The number of alkyl halides is 3. The molecule has 0 saturated carbocycles. The smallest absolute Gasteiger partial charge is 0.406 e. The maximum absolute atomic E-state index is 12.0. The van der Waals surface area contributed by atoms with Crippen molar-refractivity contribution in [2.24, 2.45) is 0 Å². The van der Waals surface area contributed by atoms with Crippen LogP contribution in [0.15, 0.2) is 30.5 Å². The largest absolute Gasteiger partial charge is 0.573 e. The molecule has 0 bridgehead atoms. The summed E-state index contributed by atoms with van der Waals surface area (Å²) in [6.07, 6.45) is -2.98. The Balaban J connectivity index is 2.13. The minimum absolute atomic E-state index is 0.229. The van der Waals surface area contributed by atoms with Crippen LogP contribution in [0, 0.1) is 0 Å². The number of thiazole rings is 1. The van der Waals surface area contributed by atoms with E-state index in [9.17, 15) is 13.2 Å². The number of hydrogen-bond donors (Lipinski definition) is 1. The highest BCUT2D eigenvalue weighted by Crippen LogP contribution is 2.31. The van der Waals surface area contributed by atoms with Gasteiger partial charge in [0.25, 0.3) is 0 Å². The van der Waals surface area contributed by atoms with Crippen LogP contribution in [-0.2, 0) is 0 Å². The number of nitrogens with zero attached hydrogens (tertiary/aromatic N) is 1. The molecule has 0 aliphatic heterocycles. The summed E-state index contributed by atoms with van der Waals surface area (Å²) in [6.45, 7) is 2.73. The molecule has 0 radical (unpaired) electrons. The molecule has 2 aromatic rings. The third-order valence-corrected chi connectivity index (χ3v) is 3.21. The van der Waals surface area contributed by atoms with Crippen molar-refractivity contribution in [3.63, 3.8) is 0 Å². The zero-order chi connectivity index (χ0) is 13.9. The lowest BCUT2D eigenvalue weighted by atomic mass is 10.2. The summed E-state index contributed by atoms with van der Waals surface area (Å²) in [5, 5.41) is 3.86. The number of aromatic nitrogens is 1. The van der Waals surface area contributed by atoms with Gasteiger partial charge in [-0.2, -0.15) is 0 Å². The average molecular weight is 288 g/mol. The van der Waals surface area contributed by atoms with Gasteiger partial charge in [0.1, 0.15) is 5.75 Å². The van der Waals surface area contributed by atoms with Gasteiger partial charge >= 0.3 is 6.36 Å². The lowest BCUT2D eigenvalue weighted by Gasteiger charge is -2.08. The fraction of sp³-hybridized carbons (Fsp3) is 0.250. The van der Waals surface area contributed by atoms with Gasteiger partial charge in [0.2, 0.25) is 0 Å². The van der Waals surface area contributed by atoms with Crippen LogP contribution in [-0.4, -0.2) is 17.9 Å². The highest BCUT2D eigenvalue weighted by molar-refractivity contribution is 7.18. The summed E-state index contributed by atoms with van der Waals surface area (Å²) in [6, 6.07) is 5.72. The predicted octanol–water partition coefficient (Wildman–Crippen LogP) is 4.14. The average Bonchev–Trinajstić information content (AvgIpc) is 2.77. The molecule has 7 heteroatoms. The third-order valence-electron chi connectivity index (χ3n) is 2.21. The summed E-state index contributed by atoms with van der Waals surface area (Å²) >= 11 is 1.44. The molecule has 1 heterocycles. The molecule has 1 aromatic heterocycles. The van der Waals surface area contributed by atoms with E-state index in [2.05, 4.69) is 15.0 Å². The van der Waals surface area contributed by atoms with Crippen molar-refractivity contribution in [1.82, 2.24) is 4.98 Å². The second-order valence-corrected chi connectivity index (χ2v) is 4.66. The normalized spacial score (nSPS) is 11.4. The van der Waals surface area contributed by atoms with Gasteiger partial charge in [0.15, 0.2) is 5.13 Å². The summed E-state index contributed by atoms with van der Waals surface area (Å²) in [5.41, 5.74) is 0.802. The van der Waals surface area contributed by atoms with Crippen molar-refractivity contribution in [3.05, 3.63) is 30.5 Å². The minimum Gasteiger partial charge on any atom is -0.406 e. The van der Waals surface area contributed by atoms with Gasteiger partial charge < -0.3 is 10.1 Å². The Hall–Kier alpha value is -1.76. The van der Waals surface area contributed by atoms with Crippen molar-refractivity contribution in [1.29, 1.82) is 0 Å². The molecular formula is C12H11F3N2OS. The minimum atomic E-state index is -4.66. The maximum Gasteiger partial charge on any atom is 0.573 e. The Morgan fingerprint density at radius 2 is 1.95 bits per heavy atom. The Kier molecular flexibility index (Phi) is 3.94. The zero-order valence-electron chi connectivity index (χ0n) is 9.99. The molecule has 0 atom stereocenters. The van der Waals surface area contributed by atoms with Crippen LogP contribution in [0.25, 0.3) is 10.4 Å². The predicted molar refractivity (Wildman–Crippen MR) is 68.4 cm³/mol. The molecule has 2 rings (SSSR count). The first-order valence-corrected chi connectivity index (χ1v) is 6.35. The Labute approximate surface area is 112 Å². The quantitative estimate of drug-likeness (QED) is 0.918. The summed E-state index contributed by atoms with van der Waals surface area (Å²) in [4.78, 5) is 5.04. The van der Waals surface area contributed by atoms with E-state index in [1.165, 1.54) is 23.5 Å². The first-order chi connectivity index (χ1) is 8.98. The van der Waals surface area contributed by atoms with E-state index in [4.69, 9.17) is 0 Å². The molecular weight excluding hydrogens is 277 g/mol. The number of rotatable bonds is 4. The van der Waals surface area contributed by atoms with E-state index in [1.807, 2.05) is 6.92 Å². The molecule has 0 fully saturated rings. The maximum atomic E-state index is 12.0. The molecule has 0 amide bonds. The SMILES string of the molecule is CCNc1ncc(-c2ccc(OC(F)(F)F)cc2)s1. The standard InChI is InChI=1S/C12H11F3N2OS/c1-2-16-11-17-7-10(19-11)8-3-5-9(6-4-8)18-12(13,14)15/h3-7H,2H2,1H3,(H,16,17). The number of anilines is 1. The highest BCUT2D eigenvalue weighted by atomic mass is 32.1. The Morgan fingerprint density at radius 1 is 1.26 bits per heavy atom. The van der Waals surface area contributed by atoms with Crippen LogP contribution in [0.2, 0.25) is 0 Å². The molecule has 19 heavy (non-hydrogen) atoms. The molecule has 0 saturated heterocycles. The molecule has 3 nitrogen and oxygen atoms in total. The van der Waals surface area contributed by atoms with Crippen LogP contribution < -0.4 is 10.1 Å². The van der Waals surface area contributed by atoms with Crippen molar-refractivity contribution in [2.45, 2.75) is 13.3 Å². The lowest BCUT2D eigenvalue weighted by Crippen LogP contribution is -2.16. The van der Waals surface area contributed by atoms with Gasteiger partial charge in [-0.1, -0.05) is 11.3 Å². The first kappa shape index (κ1) is 13.7. The molecule has 1 N–H and O–H groups in total. The summed E-state index contributed by atoms with van der Waals surface area (Å²) < 4.78 is 39.9. The second kappa shape index (κ2) is 5.48. The molecule has 1 aromatic carbocycles. The fourth-order valence-electron chi connectivity index (χ4n) is 1.46. The van der Waals surface area contributed by atoms with Gasteiger partial charge in [0.05, 0.1) is 4.88 Å². The van der Waals surface area contributed by atoms with E-state index in [0.717, 1.165) is 22.1 Å². The van der Waals surface area contributed by atoms with Gasteiger partial charge in [0, 0.05) is 12.7 Å². The number of halogens is 3. The van der Waals surface area contributed by atoms with Crippen molar-refractivity contribution < 1.29 is 17.9 Å². The van der Waals surface area contributed by atoms with E-state index >= 15 is 0 Å². The first-order valence-electron chi connectivity index (χ1n) is 5.54. The molecule has 0 unspecified atom stereocenters. The summed E-state index contributed by atoms with van der Waals surface area (Å²) in [5.74, 6) is -0.229. The van der Waals surface area contributed by atoms with Gasteiger partial charge in [-0.15, -0.1) is 13.2 Å². The molecule has 0 aliphatic carbocycles. The number of ether oxygens (including phenoxy) is 1. The third kappa shape index (κ3) is 3.85. The monoisotopic (exact) mass is 288 g/mol. The van der Waals surface area contributed by atoms with Crippen LogP contribution in [0.1, 0.15) is 6.92 Å². The van der Waals surface area contributed by atoms with Crippen LogP contribution in [0.4, 0.5) is 18.3 Å². The van der Waals surface area contributed by atoms with E-state index in [-0.39, 0.29) is 5.75 Å². The molecule has 0 aliphatic rings. The van der Waals surface area contributed by atoms with Crippen LogP contribution in [0.5, 0.6) is 5.75 Å². The molecule has 0 spiro atoms. The van der Waals surface area contributed by atoms with E-state index in [1.54, 1.807) is 18.3 Å². The summed E-state index contributed by atoms with van der Waals surface area (Å²) in [7, 11) is 0.